The molecule has 90 valence electrons. The van der Waals surface area contributed by atoms with Gasteiger partial charge in [-0.1, -0.05) is 0 Å². The molecule has 0 bridgehead atoms. The van der Waals surface area contributed by atoms with Crippen molar-refractivity contribution in [1.29, 1.82) is 0 Å². The van der Waals surface area contributed by atoms with E-state index in [-0.39, 0.29) is 6.09 Å². The van der Waals surface area contributed by atoms with Crippen LogP contribution < -0.4 is 5.32 Å². The van der Waals surface area contributed by atoms with Gasteiger partial charge in [0.2, 0.25) is 0 Å². The highest BCUT2D eigenvalue weighted by Crippen LogP contribution is 1.97. The highest BCUT2D eigenvalue weighted by molar-refractivity contribution is 5.66. The van der Waals surface area contributed by atoms with Crippen LogP contribution in [0.25, 0.3) is 0 Å². The highest BCUT2D eigenvalue weighted by atomic mass is 16.5. The molecule has 0 atom stereocenters. The number of unbranched alkanes of at least 4 members (excludes halogenated alkanes) is 1. The van der Waals surface area contributed by atoms with Gasteiger partial charge in [0.1, 0.15) is 0 Å². The van der Waals surface area contributed by atoms with E-state index in [0.29, 0.717) is 19.2 Å². The minimum atomic E-state index is -0.310. The molecule has 15 heavy (non-hydrogen) atoms. The standard InChI is InChI=1S/C11H24N2O2/c1-5-15-11(14)12-8-6-7-9-13(4)10(2)3/h10H,5-9H2,1-4H3,(H,12,14). The minimum Gasteiger partial charge on any atom is -0.450 e. The van der Waals surface area contributed by atoms with Crippen molar-refractivity contribution in [2.24, 2.45) is 0 Å². The quantitative estimate of drug-likeness (QED) is 0.660. The number of amides is 1. The molecule has 1 N–H and O–H groups in total. The van der Waals surface area contributed by atoms with E-state index in [1.54, 1.807) is 6.92 Å². The van der Waals surface area contributed by atoms with Crippen LogP contribution in [0.1, 0.15) is 33.6 Å². The molecular weight excluding hydrogens is 192 g/mol. The van der Waals surface area contributed by atoms with Gasteiger partial charge in [-0.15, -0.1) is 0 Å². The second-order valence-electron chi connectivity index (χ2n) is 3.93. The van der Waals surface area contributed by atoms with Gasteiger partial charge >= 0.3 is 6.09 Å². The average Bonchev–Trinajstić information content (AvgIpc) is 2.17. The third kappa shape index (κ3) is 8.24. The van der Waals surface area contributed by atoms with Gasteiger partial charge in [0, 0.05) is 12.6 Å². The van der Waals surface area contributed by atoms with Crippen LogP contribution in [0.5, 0.6) is 0 Å². The monoisotopic (exact) mass is 216 g/mol. The Kier molecular flexibility index (Phi) is 8.09. The molecule has 0 spiro atoms. The molecule has 0 aliphatic carbocycles. The first-order valence-electron chi connectivity index (χ1n) is 5.68. The van der Waals surface area contributed by atoms with Crippen molar-refractivity contribution in [3.8, 4) is 0 Å². The summed E-state index contributed by atoms with van der Waals surface area (Å²) in [6.45, 7) is 8.36. The number of rotatable bonds is 7. The summed E-state index contributed by atoms with van der Waals surface area (Å²) in [5.41, 5.74) is 0. The summed E-state index contributed by atoms with van der Waals surface area (Å²) in [6, 6.07) is 0.586. The van der Waals surface area contributed by atoms with Crippen molar-refractivity contribution >= 4 is 6.09 Å². The number of hydrogen-bond acceptors (Lipinski definition) is 3. The lowest BCUT2D eigenvalue weighted by Gasteiger charge is -2.20. The molecule has 1 amide bonds. The van der Waals surface area contributed by atoms with Crippen LogP contribution in [0.15, 0.2) is 0 Å². The van der Waals surface area contributed by atoms with Crippen LogP contribution in [-0.4, -0.2) is 43.8 Å². The van der Waals surface area contributed by atoms with Gasteiger partial charge in [-0.25, -0.2) is 4.79 Å². The molecule has 0 aromatic heterocycles. The Morgan fingerprint density at radius 2 is 2.07 bits per heavy atom. The third-order valence-electron chi connectivity index (χ3n) is 2.36. The summed E-state index contributed by atoms with van der Waals surface area (Å²) >= 11 is 0. The van der Waals surface area contributed by atoms with Crippen LogP contribution in [0, 0.1) is 0 Å². The van der Waals surface area contributed by atoms with E-state index in [9.17, 15) is 4.79 Å². The predicted octanol–water partition coefficient (Wildman–Crippen LogP) is 1.85. The summed E-state index contributed by atoms with van der Waals surface area (Å²) in [6.07, 6.45) is 1.78. The molecule has 0 aromatic rings. The molecule has 0 aliphatic heterocycles. The summed E-state index contributed by atoms with van der Waals surface area (Å²) in [5, 5.41) is 2.71. The van der Waals surface area contributed by atoms with E-state index in [0.717, 1.165) is 19.4 Å². The molecular formula is C11H24N2O2. The first-order valence-corrected chi connectivity index (χ1v) is 5.68. The second kappa shape index (κ2) is 8.53. The Morgan fingerprint density at radius 3 is 2.60 bits per heavy atom. The van der Waals surface area contributed by atoms with Crippen LogP contribution >= 0.6 is 0 Å². The molecule has 0 rings (SSSR count). The van der Waals surface area contributed by atoms with Gasteiger partial charge in [-0.05, 0) is 47.2 Å². The molecule has 4 nitrogen and oxygen atoms in total. The second-order valence-corrected chi connectivity index (χ2v) is 3.93. The van der Waals surface area contributed by atoms with Gasteiger partial charge in [-0.3, -0.25) is 0 Å². The Labute approximate surface area is 93.0 Å². The molecule has 0 aromatic carbocycles. The molecule has 4 heteroatoms. The summed E-state index contributed by atoms with van der Waals surface area (Å²) in [7, 11) is 2.11. The van der Waals surface area contributed by atoms with Crippen LogP contribution in [-0.2, 0) is 4.74 Å². The number of ether oxygens (including phenoxy) is 1. The van der Waals surface area contributed by atoms with Crippen LogP contribution in [0.2, 0.25) is 0 Å². The normalized spacial score (nSPS) is 10.8. The number of nitrogens with zero attached hydrogens (tertiary/aromatic N) is 1. The van der Waals surface area contributed by atoms with Crippen molar-refractivity contribution in [3.63, 3.8) is 0 Å². The van der Waals surface area contributed by atoms with Crippen molar-refractivity contribution in [1.82, 2.24) is 10.2 Å². The molecule has 0 unspecified atom stereocenters. The minimum absolute atomic E-state index is 0.310. The maximum absolute atomic E-state index is 10.9. The molecule has 0 heterocycles. The Balaban J connectivity index is 3.28. The van der Waals surface area contributed by atoms with E-state index in [1.807, 2.05) is 0 Å². The van der Waals surface area contributed by atoms with Gasteiger partial charge < -0.3 is 15.0 Å². The molecule has 0 radical (unpaired) electrons. The Morgan fingerprint density at radius 1 is 1.40 bits per heavy atom. The first kappa shape index (κ1) is 14.2. The molecule has 0 saturated carbocycles. The van der Waals surface area contributed by atoms with Gasteiger partial charge in [0.05, 0.1) is 6.61 Å². The zero-order valence-electron chi connectivity index (χ0n) is 10.4. The topological polar surface area (TPSA) is 41.6 Å². The number of carbonyl (C=O) groups excluding carboxylic acids is 1. The first-order chi connectivity index (χ1) is 7.07. The van der Waals surface area contributed by atoms with Crippen molar-refractivity contribution < 1.29 is 9.53 Å². The number of hydrogen-bond donors (Lipinski definition) is 1. The predicted molar refractivity (Wildman–Crippen MR) is 62.0 cm³/mol. The van der Waals surface area contributed by atoms with E-state index < -0.39 is 0 Å². The fourth-order valence-electron chi connectivity index (χ4n) is 1.12. The lowest BCUT2D eigenvalue weighted by molar-refractivity contribution is 0.152. The summed E-state index contributed by atoms with van der Waals surface area (Å²) < 4.78 is 4.75. The van der Waals surface area contributed by atoms with E-state index in [1.165, 1.54) is 0 Å². The zero-order chi connectivity index (χ0) is 11.7. The zero-order valence-corrected chi connectivity index (χ0v) is 10.4. The van der Waals surface area contributed by atoms with Crippen LogP contribution in [0.4, 0.5) is 4.79 Å². The number of alkyl carbamates (subject to hydrolysis) is 1. The van der Waals surface area contributed by atoms with Crippen molar-refractivity contribution in [2.75, 3.05) is 26.7 Å². The molecule has 0 aliphatic rings. The SMILES string of the molecule is CCOC(=O)NCCCCN(C)C(C)C. The van der Waals surface area contributed by atoms with E-state index >= 15 is 0 Å². The van der Waals surface area contributed by atoms with Crippen molar-refractivity contribution in [3.05, 3.63) is 0 Å². The van der Waals surface area contributed by atoms with Gasteiger partial charge in [-0.2, -0.15) is 0 Å². The fraction of sp³-hybridized carbons (Fsp3) is 0.909. The lowest BCUT2D eigenvalue weighted by atomic mass is 10.2. The van der Waals surface area contributed by atoms with Gasteiger partial charge in [0.15, 0.2) is 0 Å². The fourth-order valence-corrected chi connectivity index (χ4v) is 1.12. The van der Waals surface area contributed by atoms with Crippen molar-refractivity contribution in [2.45, 2.75) is 39.7 Å². The number of carbonyl (C=O) groups is 1. The van der Waals surface area contributed by atoms with E-state index in [4.69, 9.17) is 4.74 Å². The van der Waals surface area contributed by atoms with E-state index in [2.05, 4.69) is 31.1 Å². The maximum atomic E-state index is 10.9. The Hall–Kier alpha value is -0.770. The van der Waals surface area contributed by atoms with Gasteiger partial charge in [0.25, 0.3) is 0 Å². The third-order valence-corrected chi connectivity index (χ3v) is 2.36. The largest absolute Gasteiger partial charge is 0.450 e. The molecule has 0 fully saturated rings. The highest BCUT2D eigenvalue weighted by Gasteiger charge is 2.02. The van der Waals surface area contributed by atoms with Crippen LogP contribution in [0.3, 0.4) is 0 Å². The maximum Gasteiger partial charge on any atom is 0.407 e. The molecule has 0 saturated heterocycles. The summed E-state index contributed by atoms with van der Waals surface area (Å²) in [5.74, 6) is 0. The Bertz CT molecular complexity index is 172. The average molecular weight is 216 g/mol. The lowest BCUT2D eigenvalue weighted by Crippen LogP contribution is -2.29. The number of nitrogens with one attached hydrogen (secondary N) is 1. The summed E-state index contributed by atoms with van der Waals surface area (Å²) in [4.78, 5) is 13.2. The smallest absolute Gasteiger partial charge is 0.407 e.